The summed E-state index contributed by atoms with van der Waals surface area (Å²) in [6.07, 6.45) is 4.10. The van der Waals surface area contributed by atoms with Crippen LogP contribution in [0.3, 0.4) is 0 Å². The van der Waals surface area contributed by atoms with E-state index >= 15 is 0 Å². The van der Waals surface area contributed by atoms with E-state index in [9.17, 15) is 9.59 Å². The number of benzene rings is 2. The van der Waals surface area contributed by atoms with Gasteiger partial charge in [0.1, 0.15) is 17.6 Å². The number of para-hydroxylation sites is 1. The second kappa shape index (κ2) is 7.49. The van der Waals surface area contributed by atoms with Crippen LogP contribution in [0.2, 0.25) is 0 Å². The highest BCUT2D eigenvalue weighted by molar-refractivity contribution is 6.02. The molecule has 0 unspecified atom stereocenters. The fraction of sp³-hybridized carbons (Fsp3) is 0.100. The van der Waals surface area contributed by atoms with Gasteiger partial charge in [0.25, 0.3) is 0 Å². The Bertz CT molecular complexity index is 971. The first-order valence-corrected chi connectivity index (χ1v) is 7.90. The number of rotatable bonds is 5. The molecule has 1 aromatic heterocycles. The van der Waals surface area contributed by atoms with Crippen molar-refractivity contribution in [3.8, 4) is 5.75 Å². The standard InChI is InChI=1S/C20H17NO4/c1-2-24-16-10-8-15(9-11-16)21-19(22)12-7-14-13-25-18-6-4-3-5-17(18)20(14)23/h3-13H,2H2,1H3,(H,21,22)/b12-7+. The summed E-state index contributed by atoms with van der Waals surface area (Å²) in [6.45, 7) is 2.49. The lowest BCUT2D eigenvalue weighted by Gasteiger charge is -2.05. The van der Waals surface area contributed by atoms with Crippen molar-refractivity contribution in [3.63, 3.8) is 0 Å². The summed E-state index contributed by atoms with van der Waals surface area (Å²) in [5.41, 5.74) is 1.31. The predicted molar refractivity (Wildman–Crippen MR) is 97.8 cm³/mol. The Morgan fingerprint density at radius 2 is 1.92 bits per heavy atom. The van der Waals surface area contributed by atoms with Gasteiger partial charge in [-0.2, -0.15) is 0 Å². The van der Waals surface area contributed by atoms with Crippen molar-refractivity contribution in [2.24, 2.45) is 0 Å². The highest BCUT2D eigenvalue weighted by Gasteiger charge is 2.05. The van der Waals surface area contributed by atoms with Crippen molar-refractivity contribution in [1.82, 2.24) is 0 Å². The summed E-state index contributed by atoms with van der Waals surface area (Å²) in [4.78, 5) is 24.4. The van der Waals surface area contributed by atoms with Crippen LogP contribution in [0.1, 0.15) is 12.5 Å². The lowest BCUT2D eigenvalue weighted by Crippen LogP contribution is -2.09. The number of nitrogens with one attached hydrogen (secondary N) is 1. The van der Waals surface area contributed by atoms with Gasteiger partial charge in [-0.15, -0.1) is 0 Å². The van der Waals surface area contributed by atoms with Crippen LogP contribution in [-0.4, -0.2) is 12.5 Å². The van der Waals surface area contributed by atoms with Crippen LogP contribution in [0.4, 0.5) is 5.69 Å². The second-order valence-electron chi connectivity index (χ2n) is 5.30. The summed E-state index contributed by atoms with van der Waals surface area (Å²) in [5.74, 6) is 0.404. The fourth-order valence-corrected chi connectivity index (χ4v) is 2.36. The normalized spacial score (nSPS) is 10.9. The Morgan fingerprint density at radius 1 is 1.16 bits per heavy atom. The average Bonchev–Trinajstić information content (AvgIpc) is 2.63. The molecule has 1 N–H and O–H groups in total. The monoisotopic (exact) mass is 335 g/mol. The van der Waals surface area contributed by atoms with Gasteiger partial charge in [0.15, 0.2) is 5.43 Å². The number of carbonyl (C=O) groups excluding carboxylic acids is 1. The molecule has 25 heavy (non-hydrogen) atoms. The molecule has 0 saturated carbocycles. The summed E-state index contributed by atoms with van der Waals surface area (Å²) < 4.78 is 10.8. The van der Waals surface area contributed by atoms with Crippen molar-refractivity contribution in [2.75, 3.05) is 11.9 Å². The van der Waals surface area contributed by atoms with E-state index in [0.717, 1.165) is 5.75 Å². The highest BCUT2D eigenvalue weighted by atomic mass is 16.5. The number of anilines is 1. The summed E-state index contributed by atoms with van der Waals surface area (Å²) in [6, 6.07) is 14.0. The summed E-state index contributed by atoms with van der Waals surface area (Å²) in [5, 5.41) is 3.21. The summed E-state index contributed by atoms with van der Waals surface area (Å²) >= 11 is 0. The van der Waals surface area contributed by atoms with Gasteiger partial charge >= 0.3 is 0 Å². The minimum absolute atomic E-state index is 0.174. The third kappa shape index (κ3) is 3.95. The Morgan fingerprint density at radius 3 is 2.68 bits per heavy atom. The van der Waals surface area contributed by atoms with E-state index in [1.165, 1.54) is 18.4 Å². The first-order chi connectivity index (χ1) is 12.2. The molecule has 0 radical (unpaired) electrons. The molecule has 3 aromatic rings. The number of amides is 1. The van der Waals surface area contributed by atoms with Crippen LogP contribution in [0.5, 0.6) is 5.75 Å². The first-order valence-electron chi connectivity index (χ1n) is 7.90. The van der Waals surface area contributed by atoms with Gasteiger partial charge < -0.3 is 14.5 Å². The molecule has 0 bridgehead atoms. The number of carbonyl (C=O) groups is 1. The maximum Gasteiger partial charge on any atom is 0.248 e. The van der Waals surface area contributed by atoms with Crippen molar-refractivity contribution in [3.05, 3.63) is 76.7 Å². The SMILES string of the molecule is CCOc1ccc(NC(=O)/C=C/c2coc3ccccc3c2=O)cc1. The zero-order chi connectivity index (χ0) is 17.6. The van der Waals surface area contributed by atoms with Gasteiger partial charge in [0.2, 0.25) is 5.91 Å². The van der Waals surface area contributed by atoms with Gasteiger partial charge in [-0.1, -0.05) is 12.1 Å². The topological polar surface area (TPSA) is 68.5 Å². The van der Waals surface area contributed by atoms with Gasteiger partial charge in [-0.25, -0.2) is 0 Å². The van der Waals surface area contributed by atoms with Gasteiger partial charge in [-0.3, -0.25) is 9.59 Å². The maximum absolute atomic E-state index is 12.3. The predicted octanol–water partition coefficient (Wildman–Crippen LogP) is 3.84. The largest absolute Gasteiger partial charge is 0.494 e. The molecule has 126 valence electrons. The Hall–Kier alpha value is -3.34. The second-order valence-corrected chi connectivity index (χ2v) is 5.30. The Balaban J connectivity index is 1.72. The Kier molecular flexibility index (Phi) is 4.95. The zero-order valence-electron chi connectivity index (χ0n) is 13.7. The molecule has 1 amide bonds. The van der Waals surface area contributed by atoms with Gasteiger partial charge in [0, 0.05) is 11.8 Å². The quantitative estimate of drug-likeness (QED) is 0.719. The molecule has 1 heterocycles. The highest BCUT2D eigenvalue weighted by Crippen LogP contribution is 2.16. The van der Waals surface area contributed by atoms with Crippen LogP contribution >= 0.6 is 0 Å². The molecule has 3 rings (SSSR count). The molecule has 0 aliphatic heterocycles. The van der Waals surface area contributed by atoms with E-state index < -0.39 is 0 Å². The maximum atomic E-state index is 12.3. The van der Waals surface area contributed by atoms with E-state index in [0.29, 0.717) is 28.8 Å². The van der Waals surface area contributed by atoms with Crippen LogP contribution in [-0.2, 0) is 4.79 Å². The molecule has 0 saturated heterocycles. The van der Waals surface area contributed by atoms with Crippen molar-refractivity contribution >= 4 is 28.6 Å². The molecule has 0 fully saturated rings. The average molecular weight is 335 g/mol. The van der Waals surface area contributed by atoms with E-state index in [1.807, 2.05) is 6.92 Å². The van der Waals surface area contributed by atoms with Crippen LogP contribution in [0.15, 0.2) is 70.1 Å². The molecule has 0 aliphatic carbocycles. The van der Waals surface area contributed by atoms with Crippen molar-refractivity contribution in [1.29, 1.82) is 0 Å². The molecule has 0 aliphatic rings. The third-order valence-electron chi connectivity index (χ3n) is 3.55. The zero-order valence-corrected chi connectivity index (χ0v) is 13.7. The summed E-state index contributed by atoms with van der Waals surface area (Å²) in [7, 11) is 0. The number of hydrogen-bond acceptors (Lipinski definition) is 4. The van der Waals surface area contributed by atoms with E-state index in [4.69, 9.17) is 9.15 Å². The molecule has 5 heteroatoms. The van der Waals surface area contributed by atoms with Gasteiger partial charge in [0.05, 0.1) is 17.6 Å². The van der Waals surface area contributed by atoms with E-state index in [1.54, 1.807) is 48.5 Å². The van der Waals surface area contributed by atoms with Crippen molar-refractivity contribution < 1.29 is 13.9 Å². The minimum Gasteiger partial charge on any atom is -0.494 e. The molecular weight excluding hydrogens is 318 g/mol. The third-order valence-corrected chi connectivity index (χ3v) is 3.55. The number of ether oxygens (including phenoxy) is 1. The van der Waals surface area contributed by atoms with E-state index in [2.05, 4.69) is 5.32 Å². The lowest BCUT2D eigenvalue weighted by atomic mass is 10.1. The van der Waals surface area contributed by atoms with E-state index in [-0.39, 0.29) is 11.3 Å². The fourth-order valence-electron chi connectivity index (χ4n) is 2.36. The number of fused-ring (bicyclic) bond motifs is 1. The minimum atomic E-state index is -0.336. The van der Waals surface area contributed by atoms with Crippen LogP contribution in [0, 0.1) is 0 Å². The molecule has 0 spiro atoms. The smallest absolute Gasteiger partial charge is 0.248 e. The van der Waals surface area contributed by atoms with Crippen LogP contribution in [0.25, 0.3) is 17.0 Å². The molecular formula is C20H17NO4. The van der Waals surface area contributed by atoms with Crippen LogP contribution < -0.4 is 15.5 Å². The first kappa shape index (κ1) is 16.5. The molecule has 2 aromatic carbocycles. The Labute approximate surface area is 144 Å². The molecule has 0 atom stereocenters. The molecule has 5 nitrogen and oxygen atoms in total. The van der Waals surface area contributed by atoms with Crippen molar-refractivity contribution in [2.45, 2.75) is 6.92 Å². The number of hydrogen-bond donors (Lipinski definition) is 1. The van der Waals surface area contributed by atoms with Gasteiger partial charge in [-0.05, 0) is 49.4 Å². The lowest BCUT2D eigenvalue weighted by molar-refractivity contribution is -0.111.